The van der Waals surface area contributed by atoms with Crippen LogP contribution in [0.5, 0.6) is 0 Å². The number of carbonyl (C=O) groups excluding carboxylic acids is 1. The maximum absolute atomic E-state index is 12.8. The van der Waals surface area contributed by atoms with Crippen LogP contribution in [0.3, 0.4) is 0 Å². The van der Waals surface area contributed by atoms with Gasteiger partial charge in [-0.2, -0.15) is 0 Å². The molecule has 0 bridgehead atoms. The molecule has 8 heteroatoms. The van der Waals surface area contributed by atoms with Gasteiger partial charge in [-0.05, 0) is 26.3 Å². The molecule has 0 aliphatic carbocycles. The summed E-state index contributed by atoms with van der Waals surface area (Å²) in [4.78, 5) is 29.5. The van der Waals surface area contributed by atoms with Crippen LogP contribution >= 0.6 is 0 Å². The van der Waals surface area contributed by atoms with E-state index in [1.54, 1.807) is 31.0 Å². The fourth-order valence-electron chi connectivity index (χ4n) is 3.09. The average Bonchev–Trinajstić information content (AvgIpc) is 3.20. The Morgan fingerprint density at radius 3 is 2.70 bits per heavy atom. The number of imidazole rings is 1. The Labute approximate surface area is 156 Å². The van der Waals surface area contributed by atoms with E-state index in [-0.39, 0.29) is 28.8 Å². The summed E-state index contributed by atoms with van der Waals surface area (Å²) in [6.45, 7) is 6.09. The van der Waals surface area contributed by atoms with Crippen LogP contribution in [0.4, 0.5) is 0 Å². The lowest BCUT2D eigenvalue weighted by Gasteiger charge is -2.14. The van der Waals surface area contributed by atoms with Crippen molar-refractivity contribution in [2.45, 2.75) is 33.2 Å². The van der Waals surface area contributed by atoms with Gasteiger partial charge >= 0.3 is 0 Å². The number of carbonyl (C=O) groups is 1. The van der Waals surface area contributed by atoms with E-state index < -0.39 is 0 Å². The highest BCUT2D eigenvalue weighted by molar-refractivity contribution is 5.93. The van der Waals surface area contributed by atoms with Crippen molar-refractivity contribution in [3.63, 3.8) is 0 Å². The lowest BCUT2D eigenvalue weighted by molar-refractivity contribution is 0.0890. The summed E-state index contributed by atoms with van der Waals surface area (Å²) in [7, 11) is 3.27. The monoisotopic (exact) mass is 372 g/mol. The Hall–Kier alpha value is -2.87. The first kappa shape index (κ1) is 18.9. The van der Waals surface area contributed by atoms with Gasteiger partial charge in [-0.1, -0.05) is 6.92 Å². The normalized spacial score (nSPS) is 12.5. The van der Waals surface area contributed by atoms with Gasteiger partial charge in [-0.15, -0.1) is 0 Å². The summed E-state index contributed by atoms with van der Waals surface area (Å²) in [6, 6.07) is 1.78. The number of rotatable bonds is 6. The van der Waals surface area contributed by atoms with Crippen molar-refractivity contribution in [2.24, 2.45) is 7.05 Å². The van der Waals surface area contributed by atoms with Gasteiger partial charge in [-0.3, -0.25) is 14.0 Å². The maximum atomic E-state index is 12.8. The number of hydrogen-bond acceptors (Lipinski definition) is 5. The number of aromatic nitrogens is 3. The third-order valence-corrected chi connectivity index (χ3v) is 4.60. The van der Waals surface area contributed by atoms with Crippen LogP contribution in [0.25, 0.3) is 16.9 Å². The van der Waals surface area contributed by atoms with Crippen LogP contribution in [-0.4, -0.2) is 39.6 Å². The average molecular weight is 372 g/mol. The molecule has 0 radical (unpaired) electrons. The third kappa shape index (κ3) is 3.52. The maximum Gasteiger partial charge on any atom is 0.294 e. The van der Waals surface area contributed by atoms with Gasteiger partial charge < -0.3 is 19.0 Å². The second-order valence-electron chi connectivity index (χ2n) is 6.60. The second-order valence-corrected chi connectivity index (χ2v) is 6.60. The largest absolute Gasteiger partial charge is 0.466 e. The standard InChI is InChI=1S/C19H24N4O4/c1-6-13(10-26-5)20-18(24)15-8-23-9-16(14-7-11(2)27-12(14)3)22(4)19(25)17(23)21-15/h7-9,13H,6,10H2,1-5H3,(H,20,24). The number of hydrogen-bond donors (Lipinski definition) is 1. The summed E-state index contributed by atoms with van der Waals surface area (Å²) in [5.74, 6) is 1.16. The van der Waals surface area contributed by atoms with Crippen molar-refractivity contribution in [3.8, 4) is 11.3 Å². The minimum Gasteiger partial charge on any atom is -0.466 e. The van der Waals surface area contributed by atoms with Crippen molar-refractivity contribution in [3.05, 3.63) is 46.0 Å². The molecule has 1 unspecified atom stereocenters. The zero-order chi connectivity index (χ0) is 19.7. The predicted octanol–water partition coefficient (Wildman–Crippen LogP) is 2.06. The van der Waals surface area contributed by atoms with E-state index in [4.69, 9.17) is 9.15 Å². The van der Waals surface area contributed by atoms with E-state index in [1.165, 1.54) is 4.57 Å². The molecule has 3 rings (SSSR count). The van der Waals surface area contributed by atoms with Gasteiger partial charge in [0, 0.05) is 32.1 Å². The number of furan rings is 1. The van der Waals surface area contributed by atoms with Crippen LogP contribution < -0.4 is 10.9 Å². The first-order chi connectivity index (χ1) is 12.8. The SMILES string of the molecule is CCC(COC)NC(=O)c1cn2cc(-c3cc(C)oc3C)n(C)c(=O)c2n1. The molecule has 3 aromatic rings. The number of amides is 1. The quantitative estimate of drug-likeness (QED) is 0.715. The molecule has 27 heavy (non-hydrogen) atoms. The van der Waals surface area contributed by atoms with E-state index in [9.17, 15) is 9.59 Å². The number of fused-ring (bicyclic) bond motifs is 1. The van der Waals surface area contributed by atoms with Crippen LogP contribution in [0, 0.1) is 13.8 Å². The Morgan fingerprint density at radius 2 is 2.11 bits per heavy atom. The van der Waals surface area contributed by atoms with Crippen molar-refractivity contribution in [1.29, 1.82) is 0 Å². The van der Waals surface area contributed by atoms with E-state index in [1.807, 2.05) is 26.8 Å². The van der Waals surface area contributed by atoms with E-state index in [0.29, 0.717) is 12.3 Å². The van der Waals surface area contributed by atoms with Gasteiger partial charge in [-0.25, -0.2) is 4.98 Å². The lowest BCUT2D eigenvalue weighted by Crippen LogP contribution is -2.37. The third-order valence-electron chi connectivity index (χ3n) is 4.60. The summed E-state index contributed by atoms with van der Waals surface area (Å²) < 4.78 is 13.8. The Morgan fingerprint density at radius 1 is 1.37 bits per heavy atom. The molecule has 0 saturated heterocycles. The fourth-order valence-corrected chi connectivity index (χ4v) is 3.09. The van der Waals surface area contributed by atoms with Crippen LogP contribution in [0.2, 0.25) is 0 Å². The summed E-state index contributed by atoms with van der Waals surface area (Å²) >= 11 is 0. The molecule has 1 amide bonds. The molecule has 8 nitrogen and oxygen atoms in total. The molecule has 3 heterocycles. The van der Waals surface area contributed by atoms with Gasteiger partial charge in [0.05, 0.1) is 18.3 Å². The number of nitrogens with zero attached hydrogens (tertiary/aromatic N) is 3. The highest BCUT2D eigenvalue weighted by atomic mass is 16.5. The molecular formula is C19H24N4O4. The van der Waals surface area contributed by atoms with Crippen LogP contribution in [-0.2, 0) is 11.8 Å². The van der Waals surface area contributed by atoms with E-state index in [0.717, 1.165) is 23.5 Å². The van der Waals surface area contributed by atoms with Crippen molar-refractivity contribution in [2.75, 3.05) is 13.7 Å². The minimum atomic E-state index is -0.332. The molecule has 144 valence electrons. The number of nitrogens with one attached hydrogen (secondary N) is 1. The van der Waals surface area contributed by atoms with Crippen molar-refractivity contribution < 1.29 is 13.9 Å². The minimum absolute atomic E-state index is 0.109. The summed E-state index contributed by atoms with van der Waals surface area (Å²) in [6.07, 6.45) is 4.08. The van der Waals surface area contributed by atoms with E-state index >= 15 is 0 Å². The van der Waals surface area contributed by atoms with Crippen molar-refractivity contribution in [1.82, 2.24) is 19.3 Å². The van der Waals surface area contributed by atoms with E-state index in [2.05, 4.69) is 10.3 Å². The first-order valence-corrected chi connectivity index (χ1v) is 8.81. The highest BCUT2D eigenvalue weighted by Gasteiger charge is 2.19. The van der Waals surface area contributed by atoms with Crippen LogP contribution in [0.1, 0.15) is 35.4 Å². The molecular weight excluding hydrogens is 348 g/mol. The first-order valence-electron chi connectivity index (χ1n) is 8.81. The van der Waals surface area contributed by atoms with Gasteiger partial charge in [0.2, 0.25) is 5.65 Å². The smallest absolute Gasteiger partial charge is 0.294 e. The highest BCUT2D eigenvalue weighted by Crippen LogP contribution is 2.25. The number of ether oxygens (including phenoxy) is 1. The fraction of sp³-hybridized carbons (Fsp3) is 0.421. The molecule has 0 aromatic carbocycles. The number of aryl methyl sites for hydroxylation is 2. The predicted molar refractivity (Wildman–Crippen MR) is 101 cm³/mol. The van der Waals surface area contributed by atoms with Crippen molar-refractivity contribution >= 4 is 11.6 Å². The van der Waals surface area contributed by atoms with Gasteiger partial charge in [0.25, 0.3) is 11.5 Å². The Balaban J connectivity index is 2.03. The summed E-state index contributed by atoms with van der Waals surface area (Å²) in [5, 5.41) is 2.87. The second kappa shape index (κ2) is 7.40. The molecule has 1 N–H and O–H groups in total. The molecule has 3 aromatic heterocycles. The Bertz CT molecular complexity index is 1040. The summed E-state index contributed by atoms with van der Waals surface area (Å²) in [5.41, 5.74) is 1.63. The Kier molecular flexibility index (Phi) is 5.18. The zero-order valence-electron chi connectivity index (χ0n) is 16.2. The van der Waals surface area contributed by atoms with Gasteiger partial charge in [0.1, 0.15) is 17.2 Å². The molecule has 0 fully saturated rings. The molecule has 0 saturated carbocycles. The molecule has 0 aliphatic heterocycles. The lowest BCUT2D eigenvalue weighted by atomic mass is 10.2. The van der Waals surface area contributed by atoms with Crippen LogP contribution in [0.15, 0.2) is 27.7 Å². The zero-order valence-corrected chi connectivity index (χ0v) is 16.2. The topological polar surface area (TPSA) is 90.8 Å². The molecule has 0 spiro atoms. The van der Waals surface area contributed by atoms with Gasteiger partial charge in [0.15, 0.2) is 0 Å². The number of methoxy groups -OCH3 is 1. The molecule has 1 atom stereocenters. The molecule has 0 aliphatic rings.